The van der Waals surface area contributed by atoms with Crippen molar-refractivity contribution in [1.29, 1.82) is 0 Å². The number of alkyl halides is 3. The summed E-state index contributed by atoms with van der Waals surface area (Å²) < 4.78 is 41.6. The maximum absolute atomic E-state index is 11.8. The molecule has 0 aliphatic rings. The molecule has 0 rings (SSSR count). The van der Waals surface area contributed by atoms with Gasteiger partial charge in [-0.1, -0.05) is 0 Å². The number of hydrogen-bond donors (Lipinski definition) is 0. The standard InChI is InChI=1S/C3F4I2/c4-2(5)1(8)3(6,7)9. The third-order valence-electron chi connectivity index (χ3n) is 0.415. The fourth-order valence-corrected chi connectivity index (χ4v) is 0.311. The molecule has 0 nitrogen and oxygen atoms in total. The minimum absolute atomic E-state index is 0.639. The van der Waals surface area contributed by atoms with Crippen LogP contribution in [0.15, 0.2) is 9.66 Å². The molecule has 0 saturated carbocycles. The van der Waals surface area contributed by atoms with E-state index in [0.717, 1.165) is 22.6 Å². The van der Waals surface area contributed by atoms with Crippen LogP contribution >= 0.6 is 45.2 Å². The summed E-state index contributed by atoms with van der Waals surface area (Å²) in [6.07, 6.45) is -2.32. The van der Waals surface area contributed by atoms with Gasteiger partial charge in [-0.3, -0.25) is 0 Å². The van der Waals surface area contributed by atoms with Gasteiger partial charge < -0.3 is 0 Å². The minimum Gasteiger partial charge on any atom is -0.189 e. The summed E-state index contributed by atoms with van der Waals surface area (Å²) in [6, 6.07) is 0. The van der Waals surface area contributed by atoms with Crippen molar-refractivity contribution in [2.24, 2.45) is 0 Å². The molecule has 0 saturated heterocycles. The highest BCUT2D eigenvalue weighted by Crippen LogP contribution is 2.38. The number of rotatable bonds is 1. The normalized spacial score (nSPS) is 11.3. The van der Waals surface area contributed by atoms with Crippen molar-refractivity contribution in [3.05, 3.63) is 9.66 Å². The quantitative estimate of drug-likeness (QED) is 0.379. The summed E-state index contributed by atoms with van der Waals surface area (Å²) >= 11 is 1.55. The Morgan fingerprint density at radius 2 is 1.56 bits per heavy atom. The molecular weight excluding hydrogens is 366 g/mol. The van der Waals surface area contributed by atoms with Crippen LogP contribution in [0.2, 0.25) is 0 Å². The second-order valence-electron chi connectivity index (χ2n) is 1.07. The van der Waals surface area contributed by atoms with Crippen LogP contribution in [-0.4, -0.2) is 3.93 Å². The predicted octanol–water partition coefficient (Wildman–Crippen LogP) is 3.56. The summed E-state index contributed by atoms with van der Waals surface area (Å²) in [4.78, 5) is 0. The molecule has 0 spiro atoms. The number of hydrogen-bond acceptors (Lipinski definition) is 0. The summed E-state index contributed by atoms with van der Waals surface area (Å²) in [5.41, 5.74) is 0. The zero-order valence-corrected chi connectivity index (χ0v) is 8.08. The van der Waals surface area contributed by atoms with Gasteiger partial charge in [-0.2, -0.15) is 17.6 Å². The Hall–Kier alpha value is 0.920. The third-order valence-corrected chi connectivity index (χ3v) is 3.07. The fourth-order valence-electron chi connectivity index (χ4n) is 0.107. The highest BCUT2D eigenvalue weighted by Gasteiger charge is 2.31. The molecule has 54 valence electrons. The molecule has 6 heteroatoms. The van der Waals surface area contributed by atoms with Gasteiger partial charge in [0.1, 0.15) is 3.58 Å². The van der Waals surface area contributed by atoms with Gasteiger partial charge in [0.2, 0.25) is 0 Å². The first kappa shape index (κ1) is 9.92. The first-order chi connectivity index (χ1) is 3.85. The molecule has 0 heterocycles. The van der Waals surface area contributed by atoms with Gasteiger partial charge in [0.25, 0.3) is 6.08 Å². The Morgan fingerprint density at radius 3 is 1.56 bits per heavy atom. The molecule has 0 N–H and O–H groups in total. The van der Waals surface area contributed by atoms with E-state index in [0.29, 0.717) is 22.6 Å². The second kappa shape index (κ2) is 3.35. The van der Waals surface area contributed by atoms with Crippen molar-refractivity contribution < 1.29 is 17.6 Å². The van der Waals surface area contributed by atoms with Gasteiger partial charge in [0, 0.05) is 22.6 Å². The fraction of sp³-hybridized carbons (Fsp3) is 0.333. The molecule has 0 radical (unpaired) electrons. The van der Waals surface area contributed by atoms with Crippen LogP contribution in [0.5, 0.6) is 0 Å². The molecule has 0 aliphatic carbocycles. The predicted molar refractivity (Wildman–Crippen MR) is 42.2 cm³/mol. The van der Waals surface area contributed by atoms with E-state index in [1.807, 2.05) is 0 Å². The minimum atomic E-state index is -3.43. The molecule has 0 atom stereocenters. The molecule has 0 aromatic carbocycles. The van der Waals surface area contributed by atoms with E-state index < -0.39 is 13.6 Å². The van der Waals surface area contributed by atoms with Crippen molar-refractivity contribution in [3.8, 4) is 0 Å². The van der Waals surface area contributed by atoms with Crippen LogP contribution in [0.1, 0.15) is 0 Å². The second-order valence-corrected chi connectivity index (χ2v) is 3.51. The van der Waals surface area contributed by atoms with Crippen LogP contribution in [0.25, 0.3) is 0 Å². The highest BCUT2D eigenvalue weighted by atomic mass is 127. The molecule has 0 unspecified atom stereocenters. The van der Waals surface area contributed by atoms with Gasteiger partial charge >= 0.3 is 3.93 Å². The van der Waals surface area contributed by atoms with Gasteiger partial charge in [-0.05, 0) is 22.6 Å². The molecule has 0 aromatic rings. The van der Waals surface area contributed by atoms with E-state index >= 15 is 0 Å². The smallest absolute Gasteiger partial charge is 0.189 e. The molecule has 9 heavy (non-hydrogen) atoms. The van der Waals surface area contributed by atoms with E-state index in [2.05, 4.69) is 0 Å². The summed E-state index contributed by atoms with van der Waals surface area (Å²) in [7, 11) is 0. The van der Waals surface area contributed by atoms with E-state index in [1.165, 1.54) is 0 Å². The largest absolute Gasteiger partial charge is 0.332 e. The van der Waals surface area contributed by atoms with Crippen LogP contribution in [-0.2, 0) is 0 Å². The van der Waals surface area contributed by atoms with E-state index in [1.54, 1.807) is 0 Å². The monoisotopic (exact) mass is 366 g/mol. The number of allylic oxidation sites excluding steroid dienone is 1. The lowest BCUT2D eigenvalue weighted by Crippen LogP contribution is -2.03. The third kappa shape index (κ3) is 3.58. The van der Waals surface area contributed by atoms with Crippen LogP contribution < -0.4 is 0 Å². The zero-order chi connectivity index (χ0) is 7.65. The summed E-state index contributed by atoms with van der Waals surface area (Å²) in [5, 5.41) is 0. The molecule has 0 amide bonds. The lowest BCUT2D eigenvalue weighted by molar-refractivity contribution is 0.173. The Balaban J connectivity index is 4.40. The van der Waals surface area contributed by atoms with Gasteiger partial charge in [0.05, 0.1) is 0 Å². The molecular formula is C3F4I2. The van der Waals surface area contributed by atoms with Crippen LogP contribution in [0.4, 0.5) is 17.6 Å². The first-order valence-corrected chi connectivity index (χ1v) is 3.79. The van der Waals surface area contributed by atoms with E-state index in [4.69, 9.17) is 0 Å². The van der Waals surface area contributed by atoms with Crippen molar-refractivity contribution in [2.75, 3.05) is 0 Å². The Morgan fingerprint density at radius 1 is 1.22 bits per heavy atom. The maximum atomic E-state index is 11.8. The maximum Gasteiger partial charge on any atom is 0.332 e. The van der Waals surface area contributed by atoms with E-state index in [-0.39, 0.29) is 0 Å². The van der Waals surface area contributed by atoms with Gasteiger partial charge in [0.15, 0.2) is 0 Å². The van der Waals surface area contributed by atoms with Crippen molar-refractivity contribution in [1.82, 2.24) is 0 Å². The van der Waals surface area contributed by atoms with E-state index in [9.17, 15) is 17.6 Å². The number of halogens is 6. The Kier molecular flexibility index (Phi) is 3.69. The van der Waals surface area contributed by atoms with Crippen molar-refractivity contribution in [2.45, 2.75) is 3.93 Å². The Labute approximate surface area is 76.0 Å². The molecule has 0 fully saturated rings. The molecule has 0 aliphatic heterocycles. The average molecular weight is 366 g/mol. The van der Waals surface area contributed by atoms with Crippen molar-refractivity contribution in [3.63, 3.8) is 0 Å². The lowest BCUT2D eigenvalue weighted by Gasteiger charge is -2.03. The Bertz CT molecular complexity index is 131. The molecule has 0 bridgehead atoms. The van der Waals surface area contributed by atoms with Crippen molar-refractivity contribution >= 4 is 45.2 Å². The van der Waals surface area contributed by atoms with Gasteiger partial charge in [-0.15, -0.1) is 0 Å². The first-order valence-electron chi connectivity index (χ1n) is 1.63. The van der Waals surface area contributed by atoms with Crippen LogP contribution in [0, 0.1) is 0 Å². The van der Waals surface area contributed by atoms with Gasteiger partial charge in [-0.25, -0.2) is 0 Å². The average Bonchev–Trinajstić information content (AvgIpc) is 1.62. The topological polar surface area (TPSA) is 0 Å². The highest BCUT2D eigenvalue weighted by molar-refractivity contribution is 14.1. The van der Waals surface area contributed by atoms with Crippen LogP contribution in [0.3, 0.4) is 0 Å². The molecule has 0 aromatic heterocycles. The lowest BCUT2D eigenvalue weighted by atomic mass is 10.7. The summed E-state index contributed by atoms with van der Waals surface area (Å²) in [6.45, 7) is 0. The zero-order valence-electron chi connectivity index (χ0n) is 3.77. The summed E-state index contributed by atoms with van der Waals surface area (Å²) in [5.74, 6) is 0. The SMILES string of the molecule is FC(F)=C(I)C(F)(F)I.